The maximum Gasteiger partial charge on any atom is 0.258 e. The van der Waals surface area contributed by atoms with Gasteiger partial charge in [-0.25, -0.2) is 13.1 Å². The summed E-state index contributed by atoms with van der Waals surface area (Å²) in [5.41, 5.74) is 8.66. The van der Waals surface area contributed by atoms with Gasteiger partial charge in [-0.05, 0) is 31.3 Å². The van der Waals surface area contributed by atoms with Crippen molar-refractivity contribution in [2.75, 3.05) is 26.7 Å². The van der Waals surface area contributed by atoms with Crippen molar-refractivity contribution in [3.63, 3.8) is 0 Å². The largest absolute Gasteiger partial charge is 0.398 e. The van der Waals surface area contributed by atoms with Gasteiger partial charge in [0.15, 0.2) is 5.78 Å². The molecule has 1 amide bonds. The molecule has 32 heavy (non-hydrogen) atoms. The minimum absolute atomic E-state index is 0.103. The second kappa shape index (κ2) is 8.34. The van der Waals surface area contributed by atoms with Gasteiger partial charge in [-0.15, -0.1) is 0 Å². The number of hydrogen-bond acceptors (Lipinski definition) is 6. The number of sulfonamides is 1. The summed E-state index contributed by atoms with van der Waals surface area (Å²) in [5, 5.41) is 2.73. The zero-order chi connectivity index (χ0) is 23.0. The van der Waals surface area contributed by atoms with E-state index in [0.29, 0.717) is 35.5 Å². The van der Waals surface area contributed by atoms with E-state index in [-0.39, 0.29) is 27.5 Å². The summed E-state index contributed by atoms with van der Waals surface area (Å²) in [6, 6.07) is 12.9. The number of nitrogens with zero attached hydrogens (tertiary/aromatic N) is 1. The molecular formula is C23H24N4O4S. The molecule has 1 aliphatic carbocycles. The summed E-state index contributed by atoms with van der Waals surface area (Å²) in [4.78, 5) is 27.9. The van der Waals surface area contributed by atoms with Gasteiger partial charge in [0, 0.05) is 24.2 Å². The number of nitrogens with one attached hydrogen (secondary N) is 2. The standard InChI is InChI=1S/C23H24N4O4S/c1-3-27(2)13-12-25-32(30,31)15-10-8-14(9-11-15)21-19-18(23(29)26-21)20(24)16-6-4-5-7-17(16)22(19)28/h4-11,25H,3,12-13,24H2,1-2H3,(H,26,29). The van der Waals surface area contributed by atoms with E-state index >= 15 is 0 Å². The van der Waals surface area contributed by atoms with Crippen LogP contribution < -0.4 is 15.8 Å². The van der Waals surface area contributed by atoms with Gasteiger partial charge in [0.05, 0.1) is 27.4 Å². The number of carbonyl (C=O) groups is 2. The van der Waals surface area contributed by atoms with E-state index in [1.165, 1.54) is 12.1 Å². The predicted octanol–water partition coefficient (Wildman–Crippen LogP) is 1.32. The fourth-order valence-corrected chi connectivity index (χ4v) is 4.80. The second-order valence-electron chi connectivity index (χ2n) is 7.69. The minimum atomic E-state index is -3.67. The molecule has 9 heteroatoms. The van der Waals surface area contributed by atoms with E-state index in [0.717, 1.165) is 6.54 Å². The van der Waals surface area contributed by atoms with Crippen molar-refractivity contribution < 1.29 is 18.0 Å². The first-order chi connectivity index (χ1) is 15.2. The Balaban J connectivity index is 1.66. The van der Waals surface area contributed by atoms with Gasteiger partial charge in [-0.1, -0.05) is 43.3 Å². The zero-order valence-corrected chi connectivity index (χ0v) is 18.6. The molecule has 0 unspecified atom stereocenters. The molecular weight excluding hydrogens is 428 g/mol. The molecule has 2 aromatic rings. The van der Waals surface area contributed by atoms with Gasteiger partial charge in [0.25, 0.3) is 5.91 Å². The van der Waals surface area contributed by atoms with Crippen molar-refractivity contribution in [2.24, 2.45) is 5.73 Å². The maximum atomic E-state index is 13.1. The number of nitrogens with two attached hydrogens (primary N) is 1. The number of fused-ring (bicyclic) bond motifs is 2. The van der Waals surface area contributed by atoms with E-state index in [1.54, 1.807) is 36.4 Å². The monoisotopic (exact) mass is 452 g/mol. The molecule has 0 atom stereocenters. The number of ketones is 1. The summed E-state index contributed by atoms with van der Waals surface area (Å²) in [6.45, 7) is 3.70. The highest BCUT2D eigenvalue weighted by Gasteiger charge is 2.39. The Hall–Kier alpha value is -3.27. The van der Waals surface area contributed by atoms with Crippen molar-refractivity contribution in [1.82, 2.24) is 14.9 Å². The summed E-state index contributed by atoms with van der Waals surface area (Å²) in [7, 11) is -1.76. The molecule has 8 nitrogen and oxygen atoms in total. The van der Waals surface area contributed by atoms with Crippen LogP contribution in [0.3, 0.4) is 0 Å². The maximum absolute atomic E-state index is 13.1. The summed E-state index contributed by atoms with van der Waals surface area (Å²) < 4.78 is 27.7. The van der Waals surface area contributed by atoms with Crippen LogP contribution in [0.2, 0.25) is 0 Å². The van der Waals surface area contributed by atoms with Crippen LogP contribution >= 0.6 is 0 Å². The van der Waals surface area contributed by atoms with E-state index < -0.39 is 15.9 Å². The number of carbonyl (C=O) groups excluding carboxylic acids is 2. The lowest BCUT2D eigenvalue weighted by Gasteiger charge is -2.18. The first kappa shape index (κ1) is 21.9. The Morgan fingerprint density at radius 2 is 1.66 bits per heavy atom. The molecule has 0 bridgehead atoms. The van der Waals surface area contributed by atoms with Crippen molar-refractivity contribution >= 4 is 33.1 Å². The molecule has 4 rings (SSSR count). The molecule has 2 aliphatic rings. The third-order valence-corrected chi connectivity index (χ3v) is 7.18. The lowest BCUT2D eigenvalue weighted by molar-refractivity contribution is -0.115. The van der Waals surface area contributed by atoms with Crippen molar-refractivity contribution in [1.29, 1.82) is 0 Å². The topological polar surface area (TPSA) is 122 Å². The molecule has 0 aromatic heterocycles. The third-order valence-electron chi connectivity index (χ3n) is 5.70. The number of Topliss-reactive ketones (excluding diaryl/α,β-unsaturated/α-hetero) is 1. The number of amides is 1. The van der Waals surface area contributed by atoms with Crippen LogP contribution in [-0.4, -0.2) is 51.7 Å². The van der Waals surface area contributed by atoms with Crippen LogP contribution in [0.15, 0.2) is 64.6 Å². The zero-order valence-electron chi connectivity index (χ0n) is 17.8. The Kier molecular flexibility index (Phi) is 5.72. The number of benzene rings is 2. The van der Waals surface area contributed by atoms with Crippen LogP contribution in [0.1, 0.15) is 28.4 Å². The average Bonchev–Trinajstić information content (AvgIpc) is 3.15. The van der Waals surface area contributed by atoms with Crippen molar-refractivity contribution in [2.45, 2.75) is 11.8 Å². The summed E-state index contributed by atoms with van der Waals surface area (Å²) >= 11 is 0. The number of likely N-dealkylation sites (N-methyl/N-ethyl adjacent to an activating group) is 1. The number of hydrogen-bond donors (Lipinski definition) is 3. The fourth-order valence-electron chi connectivity index (χ4n) is 3.78. The quantitative estimate of drug-likeness (QED) is 0.583. The van der Waals surface area contributed by atoms with Crippen LogP contribution in [0.5, 0.6) is 0 Å². The molecule has 0 fully saturated rings. The van der Waals surface area contributed by atoms with E-state index in [2.05, 4.69) is 10.0 Å². The average molecular weight is 453 g/mol. The molecule has 1 aliphatic heterocycles. The van der Waals surface area contributed by atoms with Crippen LogP contribution in [0.25, 0.3) is 11.4 Å². The first-order valence-electron chi connectivity index (χ1n) is 10.2. The Morgan fingerprint density at radius 1 is 1.00 bits per heavy atom. The lowest BCUT2D eigenvalue weighted by atomic mass is 9.84. The van der Waals surface area contributed by atoms with Gasteiger partial charge in [0.1, 0.15) is 0 Å². The Bertz CT molecular complexity index is 1280. The highest BCUT2D eigenvalue weighted by atomic mass is 32.2. The summed E-state index contributed by atoms with van der Waals surface area (Å²) in [5.74, 6) is -0.745. The van der Waals surface area contributed by atoms with Gasteiger partial charge in [-0.2, -0.15) is 0 Å². The van der Waals surface area contributed by atoms with Crippen LogP contribution in [-0.2, 0) is 14.8 Å². The minimum Gasteiger partial charge on any atom is -0.398 e. The SMILES string of the molecule is CCN(C)CCNS(=O)(=O)c1ccc(C2=C3C(=O)c4ccccc4C(N)=C3C(=O)N2)cc1. The van der Waals surface area contributed by atoms with E-state index in [9.17, 15) is 18.0 Å². The molecule has 0 saturated carbocycles. The molecule has 0 spiro atoms. The van der Waals surface area contributed by atoms with E-state index in [1.807, 2.05) is 18.9 Å². The number of rotatable bonds is 7. The van der Waals surface area contributed by atoms with E-state index in [4.69, 9.17) is 5.73 Å². The highest BCUT2D eigenvalue weighted by Crippen LogP contribution is 2.39. The van der Waals surface area contributed by atoms with Gasteiger partial charge in [-0.3, -0.25) is 9.59 Å². The Labute approximate surface area is 186 Å². The van der Waals surface area contributed by atoms with Gasteiger partial charge < -0.3 is 16.0 Å². The molecule has 1 heterocycles. The molecule has 4 N–H and O–H groups in total. The van der Waals surface area contributed by atoms with Crippen molar-refractivity contribution in [3.8, 4) is 0 Å². The molecule has 0 radical (unpaired) electrons. The fraction of sp³-hybridized carbons (Fsp3) is 0.217. The molecule has 2 aromatic carbocycles. The molecule has 166 valence electrons. The van der Waals surface area contributed by atoms with Crippen molar-refractivity contribution in [3.05, 3.63) is 76.4 Å². The third kappa shape index (κ3) is 3.75. The van der Waals surface area contributed by atoms with Crippen LogP contribution in [0.4, 0.5) is 0 Å². The molecule has 0 saturated heterocycles. The normalized spacial score (nSPS) is 15.8. The van der Waals surface area contributed by atoms with Gasteiger partial charge >= 0.3 is 0 Å². The first-order valence-corrected chi connectivity index (χ1v) is 11.7. The smallest absolute Gasteiger partial charge is 0.258 e. The predicted molar refractivity (Wildman–Crippen MR) is 122 cm³/mol. The van der Waals surface area contributed by atoms with Crippen LogP contribution in [0, 0.1) is 0 Å². The lowest BCUT2D eigenvalue weighted by Crippen LogP contribution is -2.32. The summed E-state index contributed by atoms with van der Waals surface area (Å²) in [6.07, 6.45) is 0. The second-order valence-corrected chi connectivity index (χ2v) is 9.45. The Morgan fingerprint density at radius 3 is 2.31 bits per heavy atom. The highest BCUT2D eigenvalue weighted by molar-refractivity contribution is 7.89. The van der Waals surface area contributed by atoms with Gasteiger partial charge in [0.2, 0.25) is 10.0 Å².